The summed E-state index contributed by atoms with van der Waals surface area (Å²) in [5.41, 5.74) is 2.86. The van der Waals surface area contributed by atoms with Crippen LogP contribution in [0, 0.1) is 0 Å². The van der Waals surface area contributed by atoms with Crippen LogP contribution in [0.3, 0.4) is 0 Å². The molecule has 0 bridgehead atoms. The van der Waals surface area contributed by atoms with Crippen LogP contribution in [-0.2, 0) is 0 Å². The predicted molar refractivity (Wildman–Crippen MR) is 108 cm³/mol. The second-order valence-corrected chi connectivity index (χ2v) is 6.41. The Balaban J connectivity index is 1.44. The van der Waals surface area contributed by atoms with Crippen molar-refractivity contribution in [3.8, 4) is 5.69 Å². The molecular weight excluding hydrogens is 336 g/mol. The highest BCUT2D eigenvalue weighted by Gasteiger charge is 2.11. The standard InChI is InChI=1S/C22H20N4O/c1-16(17-9-11-19(12-10-17)26-14-13-23-15-26)24-22(27)25-21-8-4-6-18-5-2-3-7-20(18)21/h2-16H,1H3,(H2,24,25,27). The minimum absolute atomic E-state index is 0.114. The average Bonchev–Trinajstić information content (AvgIpc) is 3.23. The van der Waals surface area contributed by atoms with E-state index in [0.717, 1.165) is 27.7 Å². The lowest BCUT2D eigenvalue weighted by molar-refractivity contribution is 0.249. The summed E-state index contributed by atoms with van der Waals surface area (Å²) in [5.74, 6) is 0. The number of urea groups is 1. The molecule has 134 valence electrons. The summed E-state index contributed by atoms with van der Waals surface area (Å²) >= 11 is 0. The van der Waals surface area contributed by atoms with Gasteiger partial charge in [-0.15, -0.1) is 0 Å². The molecule has 0 saturated heterocycles. The van der Waals surface area contributed by atoms with Gasteiger partial charge in [0.2, 0.25) is 0 Å². The second-order valence-electron chi connectivity index (χ2n) is 6.41. The molecule has 5 nitrogen and oxygen atoms in total. The molecule has 2 amide bonds. The summed E-state index contributed by atoms with van der Waals surface area (Å²) in [6.07, 6.45) is 5.40. The largest absolute Gasteiger partial charge is 0.331 e. The first kappa shape index (κ1) is 16.8. The number of anilines is 1. The second kappa shape index (κ2) is 7.33. The molecule has 0 aliphatic heterocycles. The molecule has 1 unspecified atom stereocenters. The van der Waals surface area contributed by atoms with Crippen LogP contribution in [-0.4, -0.2) is 15.6 Å². The van der Waals surface area contributed by atoms with Crippen molar-refractivity contribution >= 4 is 22.5 Å². The topological polar surface area (TPSA) is 59.0 Å². The summed E-state index contributed by atoms with van der Waals surface area (Å²) in [5, 5.41) is 8.07. The molecular formula is C22H20N4O. The van der Waals surface area contributed by atoms with E-state index in [-0.39, 0.29) is 12.1 Å². The van der Waals surface area contributed by atoms with Gasteiger partial charge in [0.05, 0.1) is 18.1 Å². The van der Waals surface area contributed by atoms with Gasteiger partial charge in [-0.05, 0) is 36.1 Å². The van der Waals surface area contributed by atoms with Crippen LogP contribution < -0.4 is 10.6 Å². The van der Waals surface area contributed by atoms with E-state index in [2.05, 4.69) is 15.6 Å². The van der Waals surface area contributed by atoms with Gasteiger partial charge < -0.3 is 15.2 Å². The molecule has 0 aliphatic carbocycles. The zero-order chi connectivity index (χ0) is 18.6. The van der Waals surface area contributed by atoms with E-state index in [9.17, 15) is 4.79 Å². The lowest BCUT2D eigenvalue weighted by atomic mass is 10.1. The Morgan fingerprint density at radius 1 is 1.00 bits per heavy atom. The number of nitrogens with one attached hydrogen (secondary N) is 2. The van der Waals surface area contributed by atoms with Gasteiger partial charge in [-0.1, -0.05) is 48.5 Å². The number of imidazole rings is 1. The minimum Gasteiger partial charge on any atom is -0.331 e. The predicted octanol–water partition coefficient (Wildman–Crippen LogP) is 4.91. The van der Waals surface area contributed by atoms with E-state index < -0.39 is 0 Å². The van der Waals surface area contributed by atoms with Gasteiger partial charge in [-0.25, -0.2) is 9.78 Å². The van der Waals surface area contributed by atoms with Crippen LogP contribution >= 0.6 is 0 Å². The number of rotatable bonds is 4. The van der Waals surface area contributed by atoms with Crippen molar-refractivity contribution in [3.63, 3.8) is 0 Å². The van der Waals surface area contributed by atoms with Crippen molar-refractivity contribution in [3.05, 3.63) is 91.0 Å². The highest BCUT2D eigenvalue weighted by molar-refractivity contribution is 6.01. The Morgan fingerprint density at radius 2 is 1.78 bits per heavy atom. The van der Waals surface area contributed by atoms with Crippen molar-refractivity contribution in [1.29, 1.82) is 0 Å². The van der Waals surface area contributed by atoms with E-state index >= 15 is 0 Å². The third kappa shape index (κ3) is 3.67. The molecule has 27 heavy (non-hydrogen) atoms. The fourth-order valence-corrected chi connectivity index (χ4v) is 3.12. The third-order valence-corrected chi connectivity index (χ3v) is 4.58. The van der Waals surface area contributed by atoms with Gasteiger partial charge in [-0.3, -0.25) is 0 Å². The molecule has 0 fully saturated rings. The highest BCUT2D eigenvalue weighted by Crippen LogP contribution is 2.23. The van der Waals surface area contributed by atoms with Crippen molar-refractivity contribution in [2.45, 2.75) is 13.0 Å². The number of aromatic nitrogens is 2. The number of fused-ring (bicyclic) bond motifs is 1. The number of nitrogens with zero attached hydrogens (tertiary/aromatic N) is 2. The van der Waals surface area contributed by atoms with Crippen LogP contribution in [0.2, 0.25) is 0 Å². The molecule has 1 aromatic heterocycles. The normalized spacial score (nSPS) is 11.9. The fourth-order valence-electron chi connectivity index (χ4n) is 3.12. The Morgan fingerprint density at radius 3 is 2.56 bits per heavy atom. The molecule has 3 aromatic carbocycles. The first-order valence-corrected chi connectivity index (χ1v) is 8.84. The van der Waals surface area contributed by atoms with Gasteiger partial charge >= 0.3 is 6.03 Å². The summed E-state index contributed by atoms with van der Waals surface area (Å²) in [7, 11) is 0. The molecule has 2 N–H and O–H groups in total. The lowest BCUT2D eigenvalue weighted by Gasteiger charge is -2.16. The van der Waals surface area contributed by atoms with Crippen molar-refractivity contribution in [2.24, 2.45) is 0 Å². The molecule has 1 atom stereocenters. The summed E-state index contributed by atoms with van der Waals surface area (Å²) < 4.78 is 1.94. The van der Waals surface area contributed by atoms with E-state index in [4.69, 9.17) is 0 Å². The minimum atomic E-state index is -0.225. The number of benzene rings is 3. The van der Waals surface area contributed by atoms with Crippen molar-refractivity contribution < 1.29 is 4.79 Å². The van der Waals surface area contributed by atoms with E-state index in [1.807, 2.05) is 84.4 Å². The van der Waals surface area contributed by atoms with Crippen LogP contribution in [0.5, 0.6) is 0 Å². The number of amides is 2. The van der Waals surface area contributed by atoms with Gasteiger partial charge in [0.1, 0.15) is 0 Å². The first-order chi connectivity index (χ1) is 13.2. The molecule has 0 radical (unpaired) electrons. The zero-order valence-corrected chi connectivity index (χ0v) is 15.0. The highest BCUT2D eigenvalue weighted by atomic mass is 16.2. The Hall–Kier alpha value is -3.60. The average molecular weight is 356 g/mol. The van der Waals surface area contributed by atoms with Crippen LogP contribution in [0.25, 0.3) is 16.5 Å². The summed E-state index contributed by atoms with van der Waals surface area (Å²) in [4.78, 5) is 16.5. The number of hydrogen-bond donors (Lipinski definition) is 2. The van der Waals surface area contributed by atoms with E-state index in [1.165, 1.54) is 0 Å². The van der Waals surface area contributed by atoms with Crippen LogP contribution in [0.4, 0.5) is 10.5 Å². The molecule has 4 aromatic rings. The van der Waals surface area contributed by atoms with Gasteiger partial charge in [0.25, 0.3) is 0 Å². The maximum Gasteiger partial charge on any atom is 0.319 e. The smallest absolute Gasteiger partial charge is 0.319 e. The van der Waals surface area contributed by atoms with Crippen molar-refractivity contribution in [1.82, 2.24) is 14.9 Å². The number of carbonyl (C=O) groups excluding carboxylic acids is 1. The van der Waals surface area contributed by atoms with Gasteiger partial charge in [0.15, 0.2) is 0 Å². The number of carbonyl (C=O) groups is 1. The van der Waals surface area contributed by atoms with E-state index in [1.54, 1.807) is 12.5 Å². The maximum atomic E-state index is 12.5. The quantitative estimate of drug-likeness (QED) is 0.546. The van der Waals surface area contributed by atoms with Crippen LogP contribution in [0.15, 0.2) is 85.5 Å². The van der Waals surface area contributed by atoms with E-state index in [0.29, 0.717) is 0 Å². The Bertz CT molecular complexity index is 1050. The molecule has 0 spiro atoms. The zero-order valence-electron chi connectivity index (χ0n) is 15.0. The van der Waals surface area contributed by atoms with Crippen LogP contribution in [0.1, 0.15) is 18.5 Å². The molecule has 0 aliphatic rings. The fraction of sp³-hybridized carbons (Fsp3) is 0.0909. The Kier molecular flexibility index (Phi) is 4.58. The monoisotopic (exact) mass is 356 g/mol. The summed E-state index contributed by atoms with van der Waals surface area (Å²) in [6, 6.07) is 21.6. The molecule has 5 heteroatoms. The molecule has 4 rings (SSSR count). The molecule has 1 heterocycles. The lowest BCUT2D eigenvalue weighted by Crippen LogP contribution is -2.31. The van der Waals surface area contributed by atoms with Crippen molar-refractivity contribution in [2.75, 3.05) is 5.32 Å². The van der Waals surface area contributed by atoms with Gasteiger partial charge in [-0.2, -0.15) is 0 Å². The molecule has 0 saturated carbocycles. The SMILES string of the molecule is CC(NC(=O)Nc1cccc2ccccc12)c1ccc(-n2ccnc2)cc1. The maximum absolute atomic E-state index is 12.5. The Labute approximate surface area is 157 Å². The summed E-state index contributed by atoms with van der Waals surface area (Å²) in [6.45, 7) is 1.97. The van der Waals surface area contributed by atoms with Gasteiger partial charge in [0, 0.05) is 23.5 Å². The number of hydrogen-bond acceptors (Lipinski definition) is 2. The third-order valence-electron chi connectivity index (χ3n) is 4.58. The first-order valence-electron chi connectivity index (χ1n) is 8.84.